The zero-order valence-corrected chi connectivity index (χ0v) is 12.9. The van der Waals surface area contributed by atoms with Crippen LogP contribution in [0.5, 0.6) is 0 Å². The molecule has 112 valence electrons. The van der Waals surface area contributed by atoms with E-state index in [4.69, 9.17) is 0 Å². The number of aliphatic hydroxyl groups is 1. The van der Waals surface area contributed by atoms with Crippen LogP contribution in [0.25, 0.3) is 0 Å². The Morgan fingerprint density at radius 2 is 2.10 bits per heavy atom. The summed E-state index contributed by atoms with van der Waals surface area (Å²) in [6, 6.07) is 9.29. The van der Waals surface area contributed by atoms with Gasteiger partial charge in [-0.25, -0.2) is 0 Å². The maximum Gasteiger partial charge on any atom is 0.0580 e. The van der Waals surface area contributed by atoms with Crippen molar-refractivity contribution in [3.8, 4) is 0 Å². The van der Waals surface area contributed by atoms with E-state index in [-0.39, 0.29) is 6.10 Å². The van der Waals surface area contributed by atoms with Gasteiger partial charge in [0.05, 0.1) is 6.10 Å². The molecule has 20 heavy (non-hydrogen) atoms. The number of hydrogen-bond acceptors (Lipinski definition) is 2. The summed E-state index contributed by atoms with van der Waals surface area (Å²) in [6.45, 7) is 5.37. The third-order valence-corrected chi connectivity index (χ3v) is 4.55. The number of nitrogens with one attached hydrogen (secondary N) is 1. The number of hydrogen-bond donors (Lipinski definition) is 2. The standard InChI is InChI=1S/C18H29NO/c1-14-6-5-7-16(12-14)11-10-15(2)19-13-17-8-3-4-9-18(17)20/h5-7,12,15,17-20H,3-4,8-11,13H2,1-2H3. The van der Waals surface area contributed by atoms with Gasteiger partial charge in [0, 0.05) is 12.6 Å². The molecule has 0 bridgehead atoms. The monoisotopic (exact) mass is 275 g/mol. The quantitative estimate of drug-likeness (QED) is 0.833. The lowest BCUT2D eigenvalue weighted by atomic mass is 9.86. The highest BCUT2D eigenvalue weighted by molar-refractivity contribution is 5.22. The Labute approximate surface area is 123 Å². The van der Waals surface area contributed by atoms with E-state index in [1.807, 2.05) is 0 Å². The molecule has 1 aromatic rings. The van der Waals surface area contributed by atoms with Crippen LogP contribution in [0.15, 0.2) is 24.3 Å². The maximum atomic E-state index is 9.98. The van der Waals surface area contributed by atoms with Crippen LogP contribution in [0, 0.1) is 12.8 Å². The molecule has 1 aliphatic rings. The minimum atomic E-state index is -0.0831. The maximum absolute atomic E-state index is 9.98. The third kappa shape index (κ3) is 4.92. The van der Waals surface area contributed by atoms with Crippen LogP contribution in [-0.4, -0.2) is 23.8 Å². The number of benzene rings is 1. The highest BCUT2D eigenvalue weighted by atomic mass is 16.3. The zero-order valence-electron chi connectivity index (χ0n) is 12.9. The van der Waals surface area contributed by atoms with Crippen molar-refractivity contribution in [2.45, 2.75) is 64.5 Å². The topological polar surface area (TPSA) is 32.3 Å². The molecule has 0 spiro atoms. The number of rotatable bonds is 6. The van der Waals surface area contributed by atoms with Crippen molar-refractivity contribution >= 4 is 0 Å². The van der Waals surface area contributed by atoms with Crippen LogP contribution in [0.4, 0.5) is 0 Å². The summed E-state index contributed by atoms with van der Waals surface area (Å²) < 4.78 is 0. The van der Waals surface area contributed by atoms with Crippen molar-refractivity contribution in [1.29, 1.82) is 0 Å². The Kier molecular flexibility index (Phi) is 6.06. The molecule has 0 aliphatic heterocycles. The molecule has 3 atom stereocenters. The molecule has 1 aliphatic carbocycles. The molecule has 1 fully saturated rings. The van der Waals surface area contributed by atoms with E-state index < -0.39 is 0 Å². The Hall–Kier alpha value is -0.860. The van der Waals surface area contributed by atoms with Gasteiger partial charge in [-0.1, -0.05) is 42.7 Å². The minimum absolute atomic E-state index is 0.0831. The second kappa shape index (κ2) is 7.80. The van der Waals surface area contributed by atoms with Gasteiger partial charge in [-0.2, -0.15) is 0 Å². The van der Waals surface area contributed by atoms with E-state index in [9.17, 15) is 5.11 Å². The lowest BCUT2D eigenvalue weighted by Crippen LogP contribution is -2.37. The predicted octanol–water partition coefficient (Wildman–Crippen LogP) is 3.46. The normalized spacial score (nSPS) is 24.6. The third-order valence-electron chi connectivity index (χ3n) is 4.55. The van der Waals surface area contributed by atoms with Gasteiger partial charge in [-0.15, -0.1) is 0 Å². The summed E-state index contributed by atoms with van der Waals surface area (Å²) >= 11 is 0. The summed E-state index contributed by atoms with van der Waals surface area (Å²) in [5.41, 5.74) is 2.77. The van der Waals surface area contributed by atoms with Crippen LogP contribution in [0.2, 0.25) is 0 Å². The molecule has 1 saturated carbocycles. The molecule has 1 aromatic carbocycles. The molecule has 2 N–H and O–H groups in total. The van der Waals surface area contributed by atoms with Crippen LogP contribution >= 0.6 is 0 Å². The lowest BCUT2D eigenvalue weighted by Gasteiger charge is -2.29. The highest BCUT2D eigenvalue weighted by Gasteiger charge is 2.22. The van der Waals surface area contributed by atoms with Crippen molar-refractivity contribution in [1.82, 2.24) is 5.32 Å². The lowest BCUT2D eigenvalue weighted by molar-refractivity contribution is 0.0683. The largest absolute Gasteiger partial charge is 0.393 e. The van der Waals surface area contributed by atoms with E-state index in [1.165, 1.54) is 30.4 Å². The smallest absolute Gasteiger partial charge is 0.0580 e. The SMILES string of the molecule is Cc1cccc(CCC(C)NCC2CCCCC2O)c1. The van der Waals surface area contributed by atoms with E-state index in [0.29, 0.717) is 12.0 Å². The van der Waals surface area contributed by atoms with Crippen molar-refractivity contribution in [2.75, 3.05) is 6.54 Å². The number of aliphatic hydroxyl groups excluding tert-OH is 1. The van der Waals surface area contributed by atoms with Gasteiger partial charge in [0.2, 0.25) is 0 Å². The van der Waals surface area contributed by atoms with Crippen molar-refractivity contribution < 1.29 is 5.11 Å². The molecule has 0 heterocycles. The first-order chi connectivity index (χ1) is 9.65. The molecule has 3 unspecified atom stereocenters. The van der Waals surface area contributed by atoms with Gasteiger partial charge in [0.15, 0.2) is 0 Å². The molecule has 0 amide bonds. The Balaban J connectivity index is 1.68. The Morgan fingerprint density at radius 3 is 2.85 bits per heavy atom. The van der Waals surface area contributed by atoms with E-state index in [0.717, 1.165) is 25.8 Å². The summed E-state index contributed by atoms with van der Waals surface area (Å²) in [4.78, 5) is 0. The van der Waals surface area contributed by atoms with Gasteiger partial charge in [-0.3, -0.25) is 0 Å². The molecule has 0 saturated heterocycles. The molecular formula is C18H29NO. The first-order valence-corrected chi connectivity index (χ1v) is 8.12. The molecule has 0 aromatic heterocycles. The van der Waals surface area contributed by atoms with Gasteiger partial charge >= 0.3 is 0 Å². The van der Waals surface area contributed by atoms with Crippen molar-refractivity contribution in [3.05, 3.63) is 35.4 Å². The predicted molar refractivity (Wildman–Crippen MR) is 84.9 cm³/mol. The second-order valence-electron chi connectivity index (χ2n) is 6.45. The van der Waals surface area contributed by atoms with Crippen LogP contribution in [-0.2, 0) is 6.42 Å². The number of aryl methyl sites for hydroxylation is 2. The Bertz CT molecular complexity index is 404. The fraction of sp³-hybridized carbons (Fsp3) is 0.667. The molecule has 2 heteroatoms. The zero-order chi connectivity index (χ0) is 14.4. The van der Waals surface area contributed by atoms with Gasteiger partial charge in [0.25, 0.3) is 0 Å². The van der Waals surface area contributed by atoms with Crippen LogP contribution < -0.4 is 5.32 Å². The fourth-order valence-electron chi connectivity index (χ4n) is 3.13. The van der Waals surface area contributed by atoms with Crippen molar-refractivity contribution in [2.24, 2.45) is 5.92 Å². The Morgan fingerprint density at radius 1 is 1.30 bits per heavy atom. The van der Waals surface area contributed by atoms with E-state index >= 15 is 0 Å². The summed E-state index contributed by atoms with van der Waals surface area (Å²) in [6.07, 6.45) is 6.85. The first-order valence-electron chi connectivity index (χ1n) is 8.12. The molecule has 2 nitrogen and oxygen atoms in total. The molecular weight excluding hydrogens is 246 g/mol. The van der Waals surface area contributed by atoms with E-state index in [2.05, 4.69) is 43.4 Å². The van der Waals surface area contributed by atoms with E-state index in [1.54, 1.807) is 0 Å². The van der Waals surface area contributed by atoms with Crippen LogP contribution in [0.1, 0.15) is 50.2 Å². The molecule has 2 rings (SSSR count). The first kappa shape index (κ1) is 15.5. The summed E-state index contributed by atoms with van der Waals surface area (Å²) in [5, 5.41) is 13.6. The van der Waals surface area contributed by atoms with Gasteiger partial charge in [-0.05, 0) is 51.0 Å². The second-order valence-corrected chi connectivity index (χ2v) is 6.45. The van der Waals surface area contributed by atoms with Crippen LogP contribution in [0.3, 0.4) is 0 Å². The average molecular weight is 275 g/mol. The van der Waals surface area contributed by atoms with Gasteiger partial charge < -0.3 is 10.4 Å². The molecule has 0 radical (unpaired) electrons. The summed E-state index contributed by atoms with van der Waals surface area (Å²) in [5.74, 6) is 0.463. The average Bonchev–Trinajstić information content (AvgIpc) is 2.44. The summed E-state index contributed by atoms with van der Waals surface area (Å²) in [7, 11) is 0. The fourth-order valence-corrected chi connectivity index (χ4v) is 3.13. The minimum Gasteiger partial charge on any atom is -0.393 e. The highest BCUT2D eigenvalue weighted by Crippen LogP contribution is 2.23. The van der Waals surface area contributed by atoms with Crippen molar-refractivity contribution in [3.63, 3.8) is 0 Å². The van der Waals surface area contributed by atoms with Gasteiger partial charge in [0.1, 0.15) is 0 Å².